The predicted octanol–water partition coefficient (Wildman–Crippen LogP) is 3.65. The highest BCUT2D eigenvalue weighted by Gasteiger charge is 2.18. The molecule has 4 rings (SSSR count). The average molecular weight is 339 g/mol. The molecule has 0 unspecified atom stereocenters. The molecule has 124 valence electrons. The van der Waals surface area contributed by atoms with Crippen LogP contribution in [0.5, 0.6) is 0 Å². The van der Waals surface area contributed by atoms with Gasteiger partial charge < -0.3 is 0 Å². The number of rotatable bonds is 3. The van der Waals surface area contributed by atoms with E-state index in [1.807, 2.05) is 35.7 Å². The molecule has 3 heterocycles. The number of hydrogen-bond acceptors (Lipinski definition) is 4. The molecule has 5 heteroatoms. The summed E-state index contributed by atoms with van der Waals surface area (Å²) in [5, 5.41) is 2.02. The first-order valence-electron chi connectivity index (χ1n) is 8.48. The van der Waals surface area contributed by atoms with Gasteiger partial charge in [0.25, 0.3) is 5.56 Å². The van der Waals surface area contributed by atoms with E-state index in [-0.39, 0.29) is 5.56 Å². The van der Waals surface area contributed by atoms with Crippen LogP contribution < -0.4 is 5.56 Å². The van der Waals surface area contributed by atoms with E-state index in [1.54, 1.807) is 10.5 Å². The molecule has 0 aliphatic carbocycles. The molecule has 1 fully saturated rings. The van der Waals surface area contributed by atoms with Crippen molar-refractivity contribution in [1.29, 1.82) is 0 Å². The summed E-state index contributed by atoms with van der Waals surface area (Å²) in [6.45, 7) is 5.27. The van der Waals surface area contributed by atoms with Crippen LogP contribution in [-0.2, 0) is 6.54 Å². The lowest BCUT2D eigenvalue weighted by atomic mass is 10.0. The smallest absolute Gasteiger partial charge is 0.259 e. The van der Waals surface area contributed by atoms with Gasteiger partial charge in [0.2, 0.25) is 0 Å². The molecule has 0 spiro atoms. The lowest BCUT2D eigenvalue weighted by Gasteiger charge is -2.30. The molecular formula is C19H21N3OS. The van der Waals surface area contributed by atoms with E-state index in [0.717, 1.165) is 47.5 Å². The van der Waals surface area contributed by atoms with Gasteiger partial charge in [-0.25, -0.2) is 4.98 Å². The molecule has 1 aromatic carbocycles. The normalized spacial score (nSPS) is 19.0. The number of aromatic nitrogens is 2. The monoisotopic (exact) mass is 339 g/mol. The van der Waals surface area contributed by atoms with Crippen molar-refractivity contribution in [2.24, 2.45) is 5.92 Å². The highest BCUT2D eigenvalue weighted by Crippen LogP contribution is 2.24. The summed E-state index contributed by atoms with van der Waals surface area (Å²) in [4.78, 5) is 20.6. The third-order valence-electron chi connectivity index (χ3n) is 4.65. The first-order chi connectivity index (χ1) is 11.7. The van der Waals surface area contributed by atoms with Crippen LogP contribution in [0.1, 0.15) is 25.5 Å². The fourth-order valence-corrected chi connectivity index (χ4v) is 4.44. The van der Waals surface area contributed by atoms with Crippen molar-refractivity contribution < 1.29 is 0 Å². The van der Waals surface area contributed by atoms with Gasteiger partial charge in [0.1, 0.15) is 0 Å². The summed E-state index contributed by atoms with van der Waals surface area (Å²) in [6.07, 6.45) is 2.54. The van der Waals surface area contributed by atoms with Crippen molar-refractivity contribution >= 4 is 16.3 Å². The van der Waals surface area contributed by atoms with Gasteiger partial charge in [-0.05, 0) is 30.9 Å². The van der Waals surface area contributed by atoms with Crippen molar-refractivity contribution in [2.45, 2.75) is 26.3 Å². The maximum absolute atomic E-state index is 12.7. The Kier molecular flexibility index (Phi) is 4.21. The maximum Gasteiger partial charge on any atom is 0.259 e. The highest BCUT2D eigenvalue weighted by atomic mass is 32.1. The maximum atomic E-state index is 12.7. The molecule has 0 radical (unpaired) electrons. The Morgan fingerprint density at radius 1 is 1.29 bits per heavy atom. The third kappa shape index (κ3) is 3.01. The van der Waals surface area contributed by atoms with Crippen LogP contribution in [-0.4, -0.2) is 27.4 Å². The number of hydrogen-bond donors (Lipinski definition) is 0. The van der Waals surface area contributed by atoms with Crippen molar-refractivity contribution in [3.63, 3.8) is 0 Å². The zero-order valence-electron chi connectivity index (χ0n) is 13.8. The fraction of sp³-hybridized carbons (Fsp3) is 0.368. The minimum atomic E-state index is 0.0140. The van der Waals surface area contributed by atoms with Crippen molar-refractivity contribution in [2.75, 3.05) is 13.1 Å². The molecule has 24 heavy (non-hydrogen) atoms. The topological polar surface area (TPSA) is 37.6 Å². The van der Waals surface area contributed by atoms with Crippen molar-refractivity contribution in [3.8, 4) is 11.3 Å². The number of thiazole rings is 1. The van der Waals surface area contributed by atoms with E-state index in [4.69, 9.17) is 4.98 Å². The van der Waals surface area contributed by atoms with E-state index in [9.17, 15) is 4.79 Å². The molecule has 0 N–H and O–H groups in total. The Bertz CT molecular complexity index is 900. The predicted molar refractivity (Wildman–Crippen MR) is 98.5 cm³/mol. The number of likely N-dealkylation sites (tertiary alicyclic amines) is 1. The van der Waals surface area contributed by atoms with Crippen LogP contribution in [0.25, 0.3) is 16.2 Å². The first kappa shape index (κ1) is 15.5. The fourth-order valence-electron chi connectivity index (χ4n) is 3.51. The Morgan fingerprint density at radius 3 is 2.92 bits per heavy atom. The van der Waals surface area contributed by atoms with E-state index in [0.29, 0.717) is 0 Å². The summed E-state index contributed by atoms with van der Waals surface area (Å²) < 4.78 is 1.72. The van der Waals surface area contributed by atoms with Crippen LogP contribution >= 0.6 is 11.3 Å². The van der Waals surface area contributed by atoms with Gasteiger partial charge in [0, 0.05) is 24.5 Å². The van der Waals surface area contributed by atoms with Gasteiger partial charge >= 0.3 is 0 Å². The molecule has 0 amide bonds. The SMILES string of the molecule is C[C@H]1CCCN(Cc2cc(=O)n3c(-c4ccccc4)csc3n2)C1. The van der Waals surface area contributed by atoms with E-state index in [1.165, 1.54) is 24.2 Å². The number of nitrogens with zero attached hydrogens (tertiary/aromatic N) is 3. The zero-order chi connectivity index (χ0) is 16.5. The Balaban J connectivity index is 1.68. The molecule has 2 aromatic heterocycles. The van der Waals surface area contributed by atoms with Crippen LogP contribution in [0.3, 0.4) is 0 Å². The standard InChI is InChI=1S/C19H21N3OS/c1-14-6-5-9-21(11-14)12-16-10-18(23)22-17(13-24-19(22)20-16)15-7-3-2-4-8-15/h2-4,7-8,10,13-14H,5-6,9,11-12H2,1H3/t14-/m0/s1. The molecule has 4 nitrogen and oxygen atoms in total. The van der Waals surface area contributed by atoms with Crippen LogP contribution in [0.15, 0.2) is 46.6 Å². The molecule has 1 aliphatic heterocycles. The molecular weight excluding hydrogens is 318 g/mol. The number of benzene rings is 1. The molecule has 1 saturated heterocycles. The molecule has 1 aliphatic rings. The van der Waals surface area contributed by atoms with Gasteiger partial charge in [-0.2, -0.15) is 0 Å². The summed E-state index contributed by atoms with van der Waals surface area (Å²) in [7, 11) is 0. The van der Waals surface area contributed by atoms with E-state index in [2.05, 4.69) is 11.8 Å². The second-order valence-corrected chi connectivity index (χ2v) is 7.51. The van der Waals surface area contributed by atoms with Gasteiger partial charge in [0.05, 0.1) is 11.4 Å². The highest BCUT2D eigenvalue weighted by molar-refractivity contribution is 7.15. The second kappa shape index (κ2) is 6.49. The van der Waals surface area contributed by atoms with Gasteiger partial charge in [-0.15, -0.1) is 11.3 Å². The quantitative estimate of drug-likeness (QED) is 0.731. The summed E-state index contributed by atoms with van der Waals surface area (Å²) in [6, 6.07) is 11.7. The third-order valence-corrected chi connectivity index (χ3v) is 5.48. The Hall–Kier alpha value is -1.98. The minimum absolute atomic E-state index is 0.0140. The largest absolute Gasteiger partial charge is 0.297 e. The van der Waals surface area contributed by atoms with E-state index >= 15 is 0 Å². The van der Waals surface area contributed by atoms with E-state index < -0.39 is 0 Å². The summed E-state index contributed by atoms with van der Waals surface area (Å²) in [5.41, 5.74) is 2.87. The number of piperidine rings is 1. The minimum Gasteiger partial charge on any atom is -0.297 e. The van der Waals surface area contributed by atoms with Crippen LogP contribution in [0, 0.1) is 5.92 Å². The van der Waals surface area contributed by atoms with Crippen LogP contribution in [0.2, 0.25) is 0 Å². The molecule has 3 aromatic rings. The van der Waals surface area contributed by atoms with Gasteiger partial charge in [-0.3, -0.25) is 14.1 Å². The van der Waals surface area contributed by atoms with Crippen molar-refractivity contribution in [3.05, 3.63) is 57.8 Å². The molecule has 0 bridgehead atoms. The zero-order valence-corrected chi connectivity index (χ0v) is 14.6. The first-order valence-corrected chi connectivity index (χ1v) is 9.36. The Labute approximate surface area is 145 Å². The van der Waals surface area contributed by atoms with Crippen LogP contribution in [0.4, 0.5) is 0 Å². The lowest BCUT2D eigenvalue weighted by Crippen LogP contribution is -2.34. The van der Waals surface area contributed by atoms with Gasteiger partial charge in [-0.1, -0.05) is 37.3 Å². The summed E-state index contributed by atoms with van der Waals surface area (Å²) >= 11 is 1.53. The lowest BCUT2D eigenvalue weighted by molar-refractivity contribution is 0.175. The second-order valence-electron chi connectivity index (χ2n) is 6.67. The molecule has 0 saturated carbocycles. The van der Waals surface area contributed by atoms with Crippen molar-refractivity contribution in [1.82, 2.24) is 14.3 Å². The number of fused-ring (bicyclic) bond motifs is 1. The Morgan fingerprint density at radius 2 is 2.12 bits per heavy atom. The van der Waals surface area contributed by atoms with Gasteiger partial charge in [0.15, 0.2) is 4.96 Å². The average Bonchev–Trinajstić information content (AvgIpc) is 3.00. The summed E-state index contributed by atoms with van der Waals surface area (Å²) in [5.74, 6) is 0.731. The molecule has 1 atom stereocenters.